The topological polar surface area (TPSA) is 0 Å². The maximum atomic E-state index is 2.47. The molecule has 0 aromatic heterocycles. The van der Waals surface area contributed by atoms with E-state index in [1.165, 1.54) is 23.1 Å². The Labute approximate surface area is 134 Å². The van der Waals surface area contributed by atoms with E-state index in [4.69, 9.17) is 0 Å². The molecule has 0 heterocycles. The van der Waals surface area contributed by atoms with Gasteiger partial charge in [0.1, 0.15) is 0 Å². The van der Waals surface area contributed by atoms with Crippen LogP contribution >= 0.6 is 0 Å². The molecule has 0 spiro atoms. The second-order valence-electron chi connectivity index (χ2n) is 6.21. The molecule has 0 nitrogen and oxygen atoms in total. The average molecular weight is 288 g/mol. The molecule has 0 N–H and O–H groups in total. The Bertz CT molecular complexity index is 609. The van der Waals surface area contributed by atoms with Crippen LogP contribution in [0.1, 0.15) is 37.3 Å². The summed E-state index contributed by atoms with van der Waals surface area (Å²) in [6.07, 6.45) is 8.38. The second-order valence-corrected chi connectivity index (χ2v) is 6.21. The number of hydrogen-bond acceptors (Lipinski definition) is 0. The fraction of sp³-hybridized carbons (Fsp3) is 0.273. The number of allylic oxidation sites excluding steroid dienone is 4. The smallest absolute Gasteiger partial charge is 0.0187 e. The van der Waals surface area contributed by atoms with Gasteiger partial charge in [0.2, 0.25) is 0 Å². The van der Waals surface area contributed by atoms with Gasteiger partial charge in [-0.2, -0.15) is 0 Å². The third kappa shape index (κ3) is 3.06. The monoisotopic (exact) mass is 288 g/mol. The first-order valence-electron chi connectivity index (χ1n) is 8.29. The molecule has 2 atom stereocenters. The summed E-state index contributed by atoms with van der Waals surface area (Å²) >= 11 is 0. The van der Waals surface area contributed by atoms with Crippen molar-refractivity contribution in [3.8, 4) is 0 Å². The molecule has 1 aliphatic carbocycles. The van der Waals surface area contributed by atoms with Crippen LogP contribution < -0.4 is 0 Å². The van der Waals surface area contributed by atoms with Crippen LogP contribution in [0.15, 0.2) is 84.5 Å². The van der Waals surface area contributed by atoms with Crippen LogP contribution in [0, 0.1) is 11.8 Å². The van der Waals surface area contributed by atoms with Crippen molar-refractivity contribution in [3.05, 3.63) is 95.6 Å². The third-order valence-electron chi connectivity index (χ3n) is 4.78. The zero-order chi connectivity index (χ0) is 15.4. The average Bonchev–Trinajstić information content (AvgIpc) is 3.06. The standard InChI is InChI=1S/C22H24/c1-3-17(2)20-14-15-21(16-20)22(18-10-6-4-7-11-18)19-12-8-5-9-13-19/h4-17,21-22H,3H2,1-2H3. The van der Waals surface area contributed by atoms with Crippen molar-refractivity contribution in [2.45, 2.75) is 26.2 Å². The lowest BCUT2D eigenvalue weighted by Gasteiger charge is -2.22. The lowest BCUT2D eigenvalue weighted by atomic mass is 9.81. The van der Waals surface area contributed by atoms with E-state index >= 15 is 0 Å². The van der Waals surface area contributed by atoms with Crippen LogP contribution in [0.5, 0.6) is 0 Å². The van der Waals surface area contributed by atoms with E-state index in [1.54, 1.807) is 0 Å². The molecule has 2 aromatic carbocycles. The van der Waals surface area contributed by atoms with Crippen molar-refractivity contribution in [2.24, 2.45) is 11.8 Å². The third-order valence-corrected chi connectivity index (χ3v) is 4.78. The molecular weight excluding hydrogens is 264 g/mol. The van der Waals surface area contributed by atoms with Gasteiger partial charge in [0, 0.05) is 11.8 Å². The molecule has 0 saturated carbocycles. The van der Waals surface area contributed by atoms with Crippen molar-refractivity contribution >= 4 is 0 Å². The summed E-state index contributed by atoms with van der Waals surface area (Å²) in [5.41, 5.74) is 4.28. The highest BCUT2D eigenvalue weighted by Crippen LogP contribution is 2.38. The Morgan fingerprint density at radius 1 is 0.864 bits per heavy atom. The van der Waals surface area contributed by atoms with Gasteiger partial charge >= 0.3 is 0 Å². The number of rotatable bonds is 5. The summed E-state index contributed by atoms with van der Waals surface area (Å²) in [6.45, 7) is 4.58. The number of benzene rings is 2. The molecule has 0 aliphatic heterocycles. The zero-order valence-electron chi connectivity index (χ0n) is 13.4. The van der Waals surface area contributed by atoms with Gasteiger partial charge in [-0.3, -0.25) is 0 Å². The van der Waals surface area contributed by atoms with Gasteiger partial charge in [0.15, 0.2) is 0 Å². The molecule has 0 amide bonds. The fourth-order valence-corrected chi connectivity index (χ4v) is 3.28. The summed E-state index contributed by atoms with van der Waals surface area (Å²) in [4.78, 5) is 0. The minimum absolute atomic E-state index is 0.403. The highest BCUT2D eigenvalue weighted by Gasteiger charge is 2.25. The molecule has 0 bridgehead atoms. The first-order chi connectivity index (χ1) is 10.8. The quantitative estimate of drug-likeness (QED) is 0.635. The Morgan fingerprint density at radius 3 is 1.91 bits per heavy atom. The molecule has 3 rings (SSSR count). The maximum Gasteiger partial charge on any atom is 0.0187 e. The normalized spacial score (nSPS) is 18.5. The molecule has 2 aromatic rings. The highest BCUT2D eigenvalue weighted by molar-refractivity contribution is 5.41. The Kier molecular flexibility index (Phi) is 4.58. The summed E-state index contributed by atoms with van der Waals surface area (Å²) < 4.78 is 0. The van der Waals surface area contributed by atoms with Crippen LogP contribution in [0.25, 0.3) is 0 Å². The first-order valence-corrected chi connectivity index (χ1v) is 8.29. The lowest BCUT2D eigenvalue weighted by molar-refractivity contribution is 0.654. The van der Waals surface area contributed by atoms with Crippen LogP contribution in [0.3, 0.4) is 0 Å². The Hall–Kier alpha value is -2.08. The van der Waals surface area contributed by atoms with Crippen LogP contribution in [0.2, 0.25) is 0 Å². The van der Waals surface area contributed by atoms with Gasteiger partial charge in [-0.15, -0.1) is 0 Å². The molecular formula is C22H24. The minimum atomic E-state index is 0.403. The van der Waals surface area contributed by atoms with Gasteiger partial charge in [0.25, 0.3) is 0 Å². The van der Waals surface area contributed by atoms with E-state index in [0.717, 1.165) is 0 Å². The molecule has 0 saturated heterocycles. The summed E-state index contributed by atoms with van der Waals surface area (Å²) in [5.74, 6) is 1.50. The molecule has 0 radical (unpaired) electrons. The summed E-state index contributed by atoms with van der Waals surface area (Å²) in [7, 11) is 0. The van der Waals surface area contributed by atoms with Crippen molar-refractivity contribution in [2.75, 3.05) is 0 Å². The second kappa shape index (κ2) is 6.79. The molecule has 22 heavy (non-hydrogen) atoms. The van der Waals surface area contributed by atoms with Crippen molar-refractivity contribution in [1.82, 2.24) is 0 Å². The predicted octanol–water partition coefficient (Wildman–Crippen LogP) is 5.98. The van der Waals surface area contributed by atoms with Crippen LogP contribution in [-0.4, -0.2) is 0 Å². The van der Waals surface area contributed by atoms with Crippen molar-refractivity contribution < 1.29 is 0 Å². The van der Waals surface area contributed by atoms with Gasteiger partial charge in [-0.05, 0) is 29.0 Å². The van der Waals surface area contributed by atoms with E-state index < -0.39 is 0 Å². The molecule has 0 fully saturated rings. The van der Waals surface area contributed by atoms with E-state index in [0.29, 0.717) is 17.8 Å². The fourth-order valence-electron chi connectivity index (χ4n) is 3.28. The SMILES string of the molecule is CCC(C)C1=CC(C(c2ccccc2)c2ccccc2)C=C1. The highest BCUT2D eigenvalue weighted by atomic mass is 14.3. The van der Waals surface area contributed by atoms with Gasteiger partial charge < -0.3 is 0 Å². The Balaban J connectivity index is 1.98. The first kappa shape index (κ1) is 14.8. The largest absolute Gasteiger partial charge is 0.0764 e. The minimum Gasteiger partial charge on any atom is -0.0764 e. The van der Waals surface area contributed by atoms with Crippen LogP contribution in [-0.2, 0) is 0 Å². The van der Waals surface area contributed by atoms with E-state index in [2.05, 4.69) is 92.7 Å². The van der Waals surface area contributed by atoms with Crippen molar-refractivity contribution in [3.63, 3.8) is 0 Å². The van der Waals surface area contributed by atoms with E-state index in [1.807, 2.05) is 0 Å². The maximum absolute atomic E-state index is 2.47. The summed E-state index contributed by atoms with van der Waals surface area (Å²) in [5, 5.41) is 0. The van der Waals surface area contributed by atoms with Crippen LogP contribution in [0.4, 0.5) is 0 Å². The van der Waals surface area contributed by atoms with E-state index in [9.17, 15) is 0 Å². The van der Waals surface area contributed by atoms with Gasteiger partial charge in [-0.1, -0.05) is 92.7 Å². The Morgan fingerprint density at radius 2 is 1.41 bits per heavy atom. The van der Waals surface area contributed by atoms with E-state index in [-0.39, 0.29) is 0 Å². The van der Waals surface area contributed by atoms with Gasteiger partial charge in [0.05, 0.1) is 0 Å². The number of hydrogen-bond donors (Lipinski definition) is 0. The molecule has 1 aliphatic rings. The lowest BCUT2D eigenvalue weighted by Crippen LogP contribution is -2.10. The molecule has 0 heteroatoms. The molecule has 112 valence electrons. The van der Waals surface area contributed by atoms with Crippen molar-refractivity contribution in [1.29, 1.82) is 0 Å². The molecule has 2 unspecified atom stereocenters. The van der Waals surface area contributed by atoms with Gasteiger partial charge in [-0.25, -0.2) is 0 Å². The zero-order valence-corrected chi connectivity index (χ0v) is 13.4. The summed E-state index contributed by atoms with van der Waals surface area (Å²) in [6, 6.07) is 21.8. The predicted molar refractivity (Wildman–Crippen MR) is 94.9 cm³/mol.